The average Bonchev–Trinajstić information content (AvgIpc) is 3.01. The Morgan fingerprint density at radius 3 is 2.69 bits per heavy atom. The number of amides is 2. The summed E-state index contributed by atoms with van der Waals surface area (Å²) < 4.78 is 23.7. The summed E-state index contributed by atoms with van der Waals surface area (Å²) in [5.41, 5.74) is 0.832. The summed E-state index contributed by atoms with van der Waals surface area (Å²) in [6.45, 7) is 0.284. The highest BCUT2D eigenvalue weighted by molar-refractivity contribution is 6.00. The van der Waals surface area contributed by atoms with E-state index >= 15 is 0 Å². The normalized spacial score (nSPS) is 16.5. The van der Waals surface area contributed by atoms with Gasteiger partial charge in [-0.25, -0.2) is 4.39 Å². The Hall–Kier alpha value is -3.09. The van der Waals surface area contributed by atoms with Gasteiger partial charge in [-0.1, -0.05) is 6.07 Å². The molecule has 2 aromatic carbocycles. The highest BCUT2D eigenvalue weighted by atomic mass is 19.1. The van der Waals surface area contributed by atoms with Crippen LogP contribution >= 0.6 is 0 Å². The predicted molar refractivity (Wildman–Crippen MR) is 94.2 cm³/mol. The van der Waals surface area contributed by atoms with Gasteiger partial charge in [-0.15, -0.1) is 0 Å². The van der Waals surface area contributed by atoms with Gasteiger partial charge in [0.25, 0.3) is 5.91 Å². The fourth-order valence-electron chi connectivity index (χ4n) is 2.95. The third kappa shape index (κ3) is 3.61. The molecule has 1 fully saturated rings. The van der Waals surface area contributed by atoms with Crippen molar-refractivity contribution in [2.75, 3.05) is 25.7 Å². The summed E-state index contributed by atoms with van der Waals surface area (Å²) in [4.78, 5) is 26.3. The third-order valence-corrected chi connectivity index (χ3v) is 4.23. The van der Waals surface area contributed by atoms with Crippen LogP contribution in [0.2, 0.25) is 0 Å². The average molecular weight is 358 g/mol. The second kappa shape index (κ2) is 7.43. The number of benzene rings is 2. The van der Waals surface area contributed by atoms with Crippen LogP contribution in [0.4, 0.5) is 10.1 Å². The number of anilines is 1. The first kappa shape index (κ1) is 17.7. The lowest BCUT2D eigenvalue weighted by molar-refractivity contribution is -0.117. The molecule has 1 saturated heterocycles. The zero-order chi connectivity index (χ0) is 18.7. The minimum Gasteiger partial charge on any atom is -0.497 e. The van der Waals surface area contributed by atoms with Crippen LogP contribution in [0.3, 0.4) is 0 Å². The Labute approximate surface area is 150 Å². The maximum absolute atomic E-state index is 13.4. The fraction of sp³-hybridized carbons (Fsp3) is 0.263. The van der Waals surface area contributed by atoms with Gasteiger partial charge in [0.1, 0.15) is 17.3 Å². The van der Waals surface area contributed by atoms with E-state index in [0.717, 1.165) is 0 Å². The van der Waals surface area contributed by atoms with Gasteiger partial charge in [-0.05, 0) is 30.3 Å². The lowest BCUT2D eigenvalue weighted by Gasteiger charge is -2.18. The number of halogens is 1. The smallest absolute Gasteiger partial charge is 0.255 e. The number of hydrogen-bond donors (Lipinski definition) is 1. The first-order chi connectivity index (χ1) is 12.5. The molecule has 2 aromatic rings. The molecule has 1 atom stereocenters. The number of ether oxygens (including phenoxy) is 2. The SMILES string of the molecule is COc1ccc(C(=O)N[C@@H]2CC(=O)N(c3cccc(F)c3)C2)c(OC)c1. The molecule has 0 radical (unpaired) electrons. The van der Waals surface area contributed by atoms with Crippen molar-refractivity contribution in [3.8, 4) is 11.5 Å². The van der Waals surface area contributed by atoms with Crippen LogP contribution in [-0.4, -0.2) is 38.6 Å². The van der Waals surface area contributed by atoms with Crippen LogP contribution in [0.5, 0.6) is 11.5 Å². The standard InChI is InChI=1S/C19H19FN2O4/c1-25-15-6-7-16(17(10-15)26-2)19(24)21-13-9-18(23)22(11-13)14-5-3-4-12(20)8-14/h3-8,10,13H,9,11H2,1-2H3,(H,21,24)/t13-/m1/s1. The Balaban J connectivity index is 1.72. The van der Waals surface area contributed by atoms with Crippen LogP contribution < -0.4 is 19.7 Å². The monoisotopic (exact) mass is 358 g/mol. The third-order valence-electron chi connectivity index (χ3n) is 4.23. The molecule has 0 unspecified atom stereocenters. The summed E-state index contributed by atoms with van der Waals surface area (Å²) in [5.74, 6) is 0.0385. The first-order valence-corrected chi connectivity index (χ1v) is 8.10. The van der Waals surface area contributed by atoms with Crippen molar-refractivity contribution in [2.24, 2.45) is 0 Å². The van der Waals surface area contributed by atoms with Gasteiger partial charge < -0.3 is 19.7 Å². The van der Waals surface area contributed by atoms with Crippen LogP contribution in [0.15, 0.2) is 42.5 Å². The summed E-state index contributed by atoms with van der Waals surface area (Å²) in [6, 6.07) is 10.3. The van der Waals surface area contributed by atoms with E-state index in [4.69, 9.17) is 9.47 Å². The summed E-state index contributed by atoms with van der Waals surface area (Å²) in [7, 11) is 3.00. The molecular weight excluding hydrogens is 339 g/mol. The molecule has 1 N–H and O–H groups in total. The second-order valence-corrected chi connectivity index (χ2v) is 5.92. The zero-order valence-corrected chi connectivity index (χ0v) is 14.5. The molecule has 1 heterocycles. The Bertz CT molecular complexity index is 840. The number of nitrogens with one attached hydrogen (secondary N) is 1. The van der Waals surface area contributed by atoms with Crippen molar-refractivity contribution in [1.29, 1.82) is 0 Å². The van der Waals surface area contributed by atoms with Crippen molar-refractivity contribution in [1.82, 2.24) is 5.32 Å². The van der Waals surface area contributed by atoms with E-state index in [1.807, 2.05) is 0 Å². The molecule has 0 aliphatic carbocycles. The molecule has 0 saturated carbocycles. The quantitative estimate of drug-likeness (QED) is 0.891. The van der Waals surface area contributed by atoms with Crippen LogP contribution in [-0.2, 0) is 4.79 Å². The number of rotatable bonds is 5. The summed E-state index contributed by atoms with van der Waals surface area (Å²) in [5, 5.41) is 2.84. The summed E-state index contributed by atoms with van der Waals surface area (Å²) >= 11 is 0. The van der Waals surface area contributed by atoms with Gasteiger partial charge in [0.05, 0.1) is 25.8 Å². The van der Waals surface area contributed by atoms with E-state index in [-0.39, 0.29) is 30.8 Å². The van der Waals surface area contributed by atoms with Crippen molar-refractivity contribution in [3.63, 3.8) is 0 Å². The number of nitrogens with zero attached hydrogens (tertiary/aromatic N) is 1. The van der Waals surface area contributed by atoms with E-state index in [0.29, 0.717) is 22.7 Å². The molecule has 0 spiro atoms. The van der Waals surface area contributed by atoms with E-state index in [9.17, 15) is 14.0 Å². The van der Waals surface area contributed by atoms with E-state index in [1.165, 1.54) is 31.3 Å². The van der Waals surface area contributed by atoms with Crippen LogP contribution in [0.25, 0.3) is 0 Å². The molecule has 26 heavy (non-hydrogen) atoms. The number of methoxy groups -OCH3 is 2. The van der Waals surface area contributed by atoms with Gasteiger partial charge in [0, 0.05) is 24.7 Å². The molecule has 1 aliphatic rings. The van der Waals surface area contributed by atoms with Gasteiger partial charge in [0.15, 0.2) is 0 Å². The molecule has 7 heteroatoms. The zero-order valence-electron chi connectivity index (χ0n) is 14.5. The van der Waals surface area contributed by atoms with Gasteiger partial charge >= 0.3 is 0 Å². The predicted octanol–water partition coefficient (Wildman–Crippen LogP) is 2.38. The van der Waals surface area contributed by atoms with Gasteiger partial charge in [0.2, 0.25) is 5.91 Å². The lowest BCUT2D eigenvalue weighted by atomic mass is 10.1. The van der Waals surface area contributed by atoms with E-state index < -0.39 is 5.82 Å². The highest BCUT2D eigenvalue weighted by Gasteiger charge is 2.32. The van der Waals surface area contributed by atoms with Crippen molar-refractivity contribution < 1.29 is 23.5 Å². The minimum absolute atomic E-state index is 0.153. The molecule has 136 valence electrons. The van der Waals surface area contributed by atoms with Gasteiger partial charge in [-0.3, -0.25) is 9.59 Å². The highest BCUT2D eigenvalue weighted by Crippen LogP contribution is 2.26. The molecule has 0 bridgehead atoms. The molecule has 2 amide bonds. The van der Waals surface area contributed by atoms with Crippen LogP contribution in [0, 0.1) is 5.82 Å². The maximum Gasteiger partial charge on any atom is 0.255 e. The topological polar surface area (TPSA) is 67.9 Å². The Morgan fingerprint density at radius 1 is 1.19 bits per heavy atom. The summed E-state index contributed by atoms with van der Waals surface area (Å²) in [6.07, 6.45) is 0.153. The Kier molecular flexibility index (Phi) is 5.06. The lowest BCUT2D eigenvalue weighted by Crippen LogP contribution is -2.37. The largest absolute Gasteiger partial charge is 0.497 e. The van der Waals surface area contributed by atoms with E-state index in [2.05, 4.69) is 5.32 Å². The van der Waals surface area contributed by atoms with Crippen molar-refractivity contribution in [2.45, 2.75) is 12.5 Å². The van der Waals surface area contributed by atoms with Crippen LogP contribution in [0.1, 0.15) is 16.8 Å². The van der Waals surface area contributed by atoms with Crippen molar-refractivity contribution in [3.05, 3.63) is 53.8 Å². The number of carbonyl (C=O) groups excluding carboxylic acids is 2. The maximum atomic E-state index is 13.4. The Morgan fingerprint density at radius 2 is 2.00 bits per heavy atom. The molecular formula is C19H19FN2O4. The minimum atomic E-state index is -0.411. The first-order valence-electron chi connectivity index (χ1n) is 8.10. The van der Waals surface area contributed by atoms with Crippen molar-refractivity contribution >= 4 is 17.5 Å². The second-order valence-electron chi connectivity index (χ2n) is 5.92. The number of hydrogen-bond acceptors (Lipinski definition) is 4. The van der Waals surface area contributed by atoms with Gasteiger partial charge in [-0.2, -0.15) is 0 Å². The fourth-order valence-corrected chi connectivity index (χ4v) is 2.95. The molecule has 3 rings (SSSR count). The molecule has 1 aliphatic heterocycles. The number of carbonyl (C=O) groups is 2. The molecule has 6 nitrogen and oxygen atoms in total. The molecule has 0 aromatic heterocycles. The van der Waals surface area contributed by atoms with E-state index in [1.54, 1.807) is 30.3 Å².